The molecular formula is C23H26FN3O2. The first-order valence-electron chi connectivity index (χ1n) is 10.1. The average Bonchev–Trinajstić information content (AvgIpc) is 2.75. The van der Waals surface area contributed by atoms with Crippen molar-refractivity contribution in [3.63, 3.8) is 0 Å². The minimum atomic E-state index is -0.482. The molecule has 3 heterocycles. The smallest absolute Gasteiger partial charge is 0.244 e. The first kappa shape index (κ1) is 19.7. The first-order valence-corrected chi connectivity index (χ1v) is 10.1. The quantitative estimate of drug-likeness (QED) is 0.798. The zero-order chi connectivity index (χ0) is 20.2. The van der Waals surface area contributed by atoms with Crippen molar-refractivity contribution in [1.29, 1.82) is 0 Å². The van der Waals surface area contributed by atoms with E-state index < -0.39 is 6.04 Å². The Labute approximate surface area is 170 Å². The Bertz CT molecular complexity index is 909. The Morgan fingerprint density at radius 1 is 1.21 bits per heavy atom. The number of benzene rings is 1. The third-order valence-corrected chi connectivity index (χ3v) is 5.71. The van der Waals surface area contributed by atoms with E-state index in [4.69, 9.17) is 4.74 Å². The highest BCUT2D eigenvalue weighted by Crippen LogP contribution is 2.29. The number of nitrogens with zero attached hydrogens (tertiary/aromatic N) is 3. The molecule has 4 rings (SSSR count). The molecule has 1 aromatic heterocycles. The van der Waals surface area contributed by atoms with Gasteiger partial charge in [0.05, 0.1) is 13.2 Å². The topological polar surface area (TPSA) is 45.7 Å². The maximum absolute atomic E-state index is 13.9. The van der Waals surface area contributed by atoms with Gasteiger partial charge in [0.25, 0.3) is 0 Å². The van der Waals surface area contributed by atoms with Crippen molar-refractivity contribution < 1.29 is 13.9 Å². The number of pyridine rings is 1. The second kappa shape index (κ2) is 8.84. The summed E-state index contributed by atoms with van der Waals surface area (Å²) in [6.07, 6.45) is 6.59. The lowest BCUT2D eigenvalue weighted by Crippen LogP contribution is -2.48. The summed E-state index contributed by atoms with van der Waals surface area (Å²) in [5, 5.41) is 0. The third-order valence-electron chi connectivity index (χ3n) is 5.71. The van der Waals surface area contributed by atoms with E-state index in [0.717, 1.165) is 12.0 Å². The molecule has 1 unspecified atom stereocenters. The lowest BCUT2D eigenvalue weighted by molar-refractivity contribution is -0.138. The fourth-order valence-electron chi connectivity index (χ4n) is 4.11. The highest BCUT2D eigenvalue weighted by atomic mass is 19.1. The largest absolute Gasteiger partial charge is 0.379 e. The molecule has 6 heteroatoms. The van der Waals surface area contributed by atoms with Gasteiger partial charge in [0, 0.05) is 38.6 Å². The van der Waals surface area contributed by atoms with E-state index in [1.807, 2.05) is 23.2 Å². The van der Waals surface area contributed by atoms with Crippen molar-refractivity contribution in [3.8, 4) is 0 Å². The van der Waals surface area contributed by atoms with E-state index in [9.17, 15) is 9.18 Å². The number of rotatable bonds is 4. The maximum Gasteiger partial charge on any atom is 0.244 e. The minimum absolute atomic E-state index is 0.0238. The van der Waals surface area contributed by atoms with Crippen LogP contribution in [0.25, 0.3) is 5.57 Å². The number of aromatic nitrogens is 1. The number of hydrogen-bond donors (Lipinski definition) is 0. The van der Waals surface area contributed by atoms with E-state index in [-0.39, 0.29) is 11.7 Å². The molecule has 1 aromatic carbocycles. The Kier molecular flexibility index (Phi) is 6.02. The molecule has 1 atom stereocenters. The maximum atomic E-state index is 13.9. The normalized spacial score (nSPS) is 19.0. The molecule has 0 aliphatic carbocycles. The van der Waals surface area contributed by atoms with Gasteiger partial charge in [-0.1, -0.05) is 18.2 Å². The average molecular weight is 395 g/mol. The van der Waals surface area contributed by atoms with Crippen molar-refractivity contribution in [1.82, 2.24) is 14.8 Å². The lowest BCUT2D eigenvalue weighted by atomic mass is 9.96. The summed E-state index contributed by atoms with van der Waals surface area (Å²) in [7, 11) is 0. The highest BCUT2D eigenvalue weighted by molar-refractivity contribution is 5.84. The zero-order valence-corrected chi connectivity index (χ0v) is 16.7. The number of morpholine rings is 1. The van der Waals surface area contributed by atoms with E-state index in [0.29, 0.717) is 45.0 Å². The second-order valence-corrected chi connectivity index (χ2v) is 7.56. The summed E-state index contributed by atoms with van der Waals surface area (Å²) >= 11 is 0. The van der Waals surface area contributed by atoms with E-state index in [1.54, 1.807) is 12.3 Å². The van der Waals surface area contributed by atoms with Crippen LogP contribution in [-0.4, -0.2) is 60.1 Å². The molecule has 1 fully saturated rings. The molecule has 0 N–H and O–H groups in total. The summed E-state index contributed by atoms with van der Waals surface area (Å²) in [6, 6.07) is 7.92. The van der Waals surface area contributed by atoms with Crippen molar-refractivity contribution in [2.24, 2.45) is 0 Å². The van der Waals surface area contributed by atoms with E-state index in [2.05, 4.69) is 22.9 Å². The summed E-state index contributed by atoms with van der Waals surface area (Å²) in [5.74, 6) is -0.294. The number of halogens is 1. The van der Waals surface area contributed by atoms with Crippen LogP contribution in [0.2, 0.25) is 0 Å². The number of aryl methyl sites for hydroxylation is 1. The van der Waals surface area contributed by atoms with Gasteiger partial charge in [-0.15, -0.1) is 0 Å². The Balaban J connectivity index is 1.56. The molecule has 0 bridgehead atoms. The Morgan fingerprint density at radius 2 is 2.03 bits per heavy atom. The predicted molar refractivity (Wildman–Crippen MR) is 110 cm³/mol. The summed E-state index contributed by atoms with van der Waals surface area (Å²) in [4.78, 5) is 21.7. The van der Waals surface area contributed by atoms with Crippen LogP contribution in [0.1, 0.15) is 29.2 Å². The number of amides is 1. The van der Waals surface area contributed by atoms with Gasteiger partial charge in [-0.3, -0.25) is 14.7 Å². The number of hydrogen-bond acceptors (Lipinski definition) is 4. The predicted octanol–water partition coefficient (Wildman–Crippen LogP) is 3.22. The molecule has 2 aliphatic heterocycles. The van der Waals surface area contributed by atoms with Crippen LogP contribution in [0.15, 0.2) is 48.8 Å². The van der Waals surface area contributed by atoms with Crippen LogP contribution in [0.4, 0.5) is 4.39 Å². The van der Waals surface area contributed by atoms with Gasteiger partial charge in [0.2, 0.25) is 5.91 Å². The molecule has 2 aromatic rings. The molecule has 1 amide bonds. The number of carbonyl (C=O) groups is 1. The molecule has 2 aliphatic rings. The van der Waals surface area contributed by atoms with E-state index >= 15 is 0 Å². The molecule has 152 valence electrons. The van der Waals surface area contributed by atoms with Crippen LogP contribution in [-0.2, 0) is 9.53 Å². The van der Waals surface area contributed by atoms with Crippen LogP contribution in [0, 0.1) is 12.7 Å². The van der Waals surface area contributed by atoms with Gasteiger partial charge in [-0.05, 0) is 53.8 Å². The Morgan fingerprint density at radius 3 is 2.72 bits per heavy atom. The molecule has 0 saturated carbocycles. The fourth-order valence-corrected chi connectivity index (χ4v) is 4.11. The molecule has 0 radical (unpaired) electrons. The number of ether oxygens (including phenoxy) is 1. The van der Waals surface area contributed by atoms with Crippen molar-refractivity contribution in [2.45, 2.75) is 19.4 Å². The monoisotopic (exact) mass is 395 g/mol. The summed E-state index contributed by atoms with van der Waals surface area (Å²) in [5.41, 5.74) is 4.27. The van der Waals surface area contributed by atoms with Crippen LogP contribution >= 0.6 is 0 Å². The highest BCUT2D eigenvalue weighted by Gasteiger charge is 2.33. The van der Waals surface area contributed by atoms with Crippen LogP contribution in [0.5, 0.6) is 0 Å². The van der Waals surface area contributed by atoms with Gasteiger partial charge in [0.15, 0.2) is 0 Å². The van der Waals surface area contributed by atoms with Crippen LogP contribution in [0.3, 0.4) is 0 Å². The number of carbonyl (C=O) groups excluding carboxylic acids is 1. The van der Waals surface area contributed by atoms with Crippen molar-refractivity contribution in [3.05, 3.63) is 71.3 Å². The molecule has 5 nitrogen and oxygen atoms in total. The van der Waals surface area contributed by atoms with E-state index in [1.165, 1.54) is 23.3 Å². The Hall–Kier alpha value is -2.57. The van der Waals surface area contributed by atoms with Gasteiger partial charge >= 0.3 is 0 Å². The molecule has 1 saturated heterocycles. The molecule has 0 spiro atoms. The van der Waals surface area contributed by atoms with Crippen molar-refractivity contribution >= 4 is 11.5 Å². The van der Waals surface area contributed by atoms with Gasteiger partial charge in [-0.2, -0.15) is 0 Å². The lowest BCUT2D eigenvalue weighted by Gasteiger charge is -2.37. The second-order valence-electron chi connectivity index (χ2n) is 7.56. The summed E-state index contributed by atoms with van der Waals surface area (Å²) in [6.45, 7) is 5.78. The fraction of sp³-hybridized carbons (Fsp3) is 0.391. The summed E-state index contributed by atoms with van der Waals surface area (Å²) < 4.78 is 19.3. The standard InChI is InChI=1S/C23H26FN3O2/c1-17-5-8-25-16-21(17)18-6-9-27(10-7-18)23(28)22(26-11-13-29-14-12-26)19-3-2-4-20(24)15-19/h2-6,8,15-16,22H,7,9-14H2,1H3. The SMILES string of the molecule is Cc1ccncc1C1=CCN(C(=O)C(c2cccc(F)c2)N2CCOCC2)CC1. The first-order chi connectivity index (χ1) is 14.1. The molecule has 29 heavy (non-hydrogen) atoms. The zero-order valence-electron chi connectivity index (χ0n) is 16.7. The van der Waals surface area contributed by atoms with Crippen LogP contribution < -0.4 is 0 Å². The van der Waals surface area contributed by atoms with Gasteiger partial charge in [0.1, 0.15) is 11.9 Å². The van der Waals surface area contributed by atoms with Gasteiger partial charge in [-0.25, -0.2) is 4.39 Å². The van der Waals surface area contributed by atoms with Crippen molar-refractivity contribution in [2.75, 3.05) is 39.4 Å². The third kappa shape index (κ3) is 4.38. The minimum Gasteiger partial charge on any atom is -0.379 e. The molecular weight excluding hydrogens is 369 g/mol. The van der Waals surface area contributed by atoms with Gasteiger partial charge < -0.3 is 9.64 Å².